The van der Waals surface area contributed by atoms with Gasteiger partial charge in [-0.15, -0.1) is 0 Å². The lowest BCUT2D eigenvalue weighted by Crippen LogP contribution is -2.46. The fourth-order valence-electron chi connectivity index (χ4n) is 3.27. The minimum absolute atomic E-state index is 1.03. The number of aromatic nitrogens is 1. The highest BCUT2D eigenvalue weighted by molar-refractivity contribution is 5.82. The summed E-state index contributed by atoms with van der Waals surface area (Å²) in [6, 6.07) is 21.5. The molecule has 0 spiro atoms. The second-order valence-electron chi connectivity index (χ2n) is 6.13. The molecule has 1 aliphatic heterocycles. The standard InChI is InChI=1S/C20H21N3/c1-2-6-19-15-17(8-9-18(19)5-1)16-22-11-13-23(14-12-22)20-7-3-4-10-21-20/h1-10,15H,11-14,16H2. The van der Waals surface area contributed by atoms with Crippen molar-refractivity contribution in [2.45, 2.75) is 6.54 Å². The molecular formula is C20H21N3. The Balaban J connectivity index is 1.40. The van der Waals surface area contributed by atoms with Crippen LogP contribution in [-0.2, 0) is 6.54 Å². The molecular weight excluding hydrogens is 282 g/mol. The zero-order valence-corrected chi connectivity index (χ0v) is 13.2. The quantitative estimate of drug-likeness (QED) is 0.737. The fourth-order valence-corrected chi connectivity index (χ4v) is 3.27. The molecule has 0 bridgehead atoms. The van der Waals surface area contributed by atoms with Gasteiger partial charge in [-0.05, 0) is 34.5 Å². The molecule has 0 aliphatic carbocycles. The summed E-state index contributed by atoms with van der Waals surface area (Å²) in [5, 5.41) is 2.65. The predicted molar refractivity (Wildman–Crippen MR) is 95.7 cm³/mol. The average molecular weight is 303 g/mol. The third kappa shape index (κ3) is 3.20. The van der Waals surface area contributed by atoms with Crippen LogP contribution >= 0.6 is 0 Å². The van der Waals surface area contributed by atoms with E-state index in [9.17, 15) is 0 Å². The van der Waals surface area contributed by atoms with E-state index in [4.69, 9.17) is 0 Å². The summed E-state index contributed by atoms with van der Waals surface area (Å²) < 4.78 is 0. The third-order valence-electron chi connectivity index (χ3n) is 4.57. The lowest BCUT2D eigenvalue weighted by atomic mass is 10.1. The van der Waals surface area contributed by atoms with Crippen LogP contribution in [0.3, 0.4) is 0 Å². The number of nitrogens with zero attached hydrogens (tertiary/aromatic N) is 3. The third-order valence-corrected chi connectivity index (χ3v) is 4.57. The Kier molecular flexibility index (Phi) is 3.95. The van der Waals surface area contributed by atoms with Gasteiger partial charge in [-0.3, -0.25) is 4.90 Å². The van der Waals surface area contributed by atoms with Crippen LogP contribution in [0.25, 0.3) is 10.8 Å². The van der Waals surface area contributed by atoms with Gasteiger partial charge in [0.25, 0.3) is 0 Å². The molecule has 0 saturated carbocycles. The van der Waals surface area contributed by atoms with E-state index in [2.05, 4.69) is 69.4 Å². The van der Waals surface area contributed by atoms with Crippen LogP contribution in [0.5, 0.6) is 0 Å². The summed E-state index contributed by atoms with van der Waals surface area (Å²) in [6.07, 6.45) is 1.87. The number of pyridine rings is 1. The first-order valence-electron chi connectivity index (χ1n) is 8.24. The monoisotopic (exact) mass is 303 g/mol. The van der Waals surface area contributed by atoms with Crippen LogP contribution < -0.4 is 4.90 Å². The lowest BCUT2D eigenvalue weighted by molar-refractivity contribution is 0.249. The molecule has 23 heavy (non-hydrogen) atoms. The number of hydrogen-bond acceptors (Lipinski definition) is 3. The van der Waals surface area contributed by atoms with Crippen molar-refractivity contribution in [3.8, 4) is 0 Å². The second-order valence-corrected chi connectivity index (χ2v) is 6.13. The Hall–Kier alpha value is -2.39. The Bertz CT molecular complexity index is 777. The van der Waals surface area contributed by atoms with E-state index in [1.807, 2.05) is 12.3 Å². The predicted octanol–water partition coefficient (Wildman–Crippen LogP) is 3.56. The molecule has 0 radical (unpaired) electrons. The van der Waals surface area contributed by atoms with Crippen molar-refractivity contribution in [1.82, 2.24) is 9.88 Å². The summed E-state index contributed by atoms with van der Waals surface area (Å²) in [5.74, 6) is 1.10. The first kappa shape index (κ1) is 14.2. The van der Waals surface area contributed by atoms with E-state index in [0.29, 0.717) is 0 Å². The summed E-state index contributed by atoms with van der Waals surface area (Å²) in [4.78, 5) is 9.36. The van der Waals surface area contributed by atoms with E-state index >= 15 is 0 Å². The topological polar surface area (TPSA) is 19.4 Å². The lowest BCUT2D eigenvalue weighted by Gasteiger charge is -2.35. The fraction of sp³-hybridized carbons (Fsp3) is 0.250. The maximum atomic E-state index is 4.45. The summed E-state index contributed by atoms with van der Waals surface area (Å²) in [5.41, 5.74) is 1.40. The van der Waals surface area contributed by atoms with Gasteiger partial charge in [0.1, 0.15) is 5.82 Å². The maximum Gasteiger partial charge on any atom is 0.128 e. The summed E-state index contributed by atoms with van der Waals surface area (Å²) in [6.45, 7) is 5.29. The van der Waals surface area contributed by atoms with Crippen LogP contribution in [0, 0.1) is 0 Å². The van der Waals surface area contributed by atoms with Crippen molar-refractivity contribution in [2.75, 3.05) is 31.1 Å². The molecule has 0 amide bonds. The van der Waals surface area contributed by atoms with Gasteiger partial charge in [0, 0.05) is 38.9 Å². The highest BCUT2D eigenvalue weighted by Crippen LogP contribution is 2.18. The highest BCUT2D eigenvalue weighted by atomic mass is 15.3. The Morgan fingerprint density at radius 3 is 2.35 bits per heavy atom. The normalized spacial score (nSPS) is 15.9. The van der Waals surface area contributed by atoms with Crippen LogP contribution in [0.1, 0.15) is 5.56 Å². The molecule has 1 aliphatic rings. The Morgan fingerprint density at radius 2 is 1.57 bits per heavy atom. The first-order chi connectivity index (χ1) is 11.4. The molecule has 0 atom stereocenters. The van der Waals surface area contributed by atoms with Crippen molar-refractivity contribution in [3.63, 3.8) is 0 Å². The molecule has 1 aromatic heterocycles. The van der Waals surface area contributed by atoms with Gasteiger partial charge in [-0.25, -0.2) is 4.98 Å². The number of anilines is 1. The van der Waals surface area contributed by atoms with E-state index in [0.717, 1.165) is 38.5 Å². The van der Waals surface area contributed by atoms with Crippen LogP contribution in [0.15, 0.2) is 66.9 Å². The van der Waals surface area contributed by atoms with Gasteiger partial charge >= 0.3 is 0 Å². The van der Waals surface area contributed by atoms with Gasteiger partial charge in [0.2, 0.25) is 0 Å². The van der Waals surface area contributed by atoms with Crippen molar-refractivity contribution in [3.05, 3.63) is 72.4 Å². The average Bonchev–Trinajstić information content (AvgIpc) is 2.63. The SMILES string of the molecule is c1ccc(N2CCN(Cc3ccc4ccccc4c3)CC2)nc1. The molecule has 4 rings (SSSR count). The highest BCUT2D eigenvalue weighted by Gasteiger charge is 2.17. The number of fused-ring (bicyclic) bond motifs is 1. The smallest absolute Gasteiger partial charge is 0.128 e. The van der Waals surface area contributed by atoms with E-state index in [1.54, 1.807) is 0 Å². The summed E-state index contributed by atoms with van der Waals surface area (Å²) in [7, 11) is 0. The number of hydrogen-bond donors (Lipinski definition) is 0. The Labute approximate surface area is 137 Å². The largest absolute Gasteiger partial charge is 0.354 e. The van der Waals surface area contributed by atoms with Gasteiger partial charge < -0.3 is 4.90 Å². The molecule has 1 fully saturated rings. The van der Waals surface area contributed by atoms with Gasteiger partial charge in [0.15, 0.2) is 0 Å². The molecule has 2 heterocycles. The molecule has 3 aromatic rings. The van der Waals surface area contributed by atoms with Crippen LogP contribution in [0.2, 0.25) is 0 Å². The van der Waals surface area contributed by atoms with Gasteiger partial charge in [-0.2, -0.15) is 0 Å². The van der Waals surface area contributed by atoms with Gasteiger partial charge in [0.05, 0.1) is 0 Å². The van der Waals surface area contributed by atoms with E-state index < -0.39 is 0 Å². The number of piperazine rings is 1. The maximum absolute atomic E-state index is 4.45. The molecule has 2 aromatic carbocycles. The van der Waals surface area contributed by atoms with Crippen molar-refractivity contribution < 1.29 is 0 Å². The number of rotatable bonds is 3. The van der Waals surface area contributed by atoms with E-state index in [1.165, 1.54) is 16.3 Å². The van der Waals surface area contributed by atoms with Crippen molar-refractivity contribution in [1.29, 1.82) is 0 Å². The minimum atomic E-state index is 1.03. The van der Waals surface area contributed by atoms with E-state index in [-0.39, 0.29) is 0 Å². The minimum Gasteiger partial charge on any atom is -0.354 e. The van der Waals surface area contributed by atoms with Crippen LogP contribution in [0.4, 0.5) is 5.82 Å². The van der Waals surface area contributed by atoms with Crippen molar-refractivity contribution in [2.24, 2.45) is 0 Å². The molecule has 1 saturated heterocycles. The molecule has 0 unspecified atom stereocenters. The van der Waals surface area contributed by atoms with Crippen molar-refractivity contribution >= 4 is 16.6 Å². The molecule has 3 heteroatoms. The zero-order valence-electron chi connectivity index (χ0n) is 13.2. The molecule has 0 N–H and O–H groups in total. The first-order valence-corrected chi connectivity index (χ1v) is 8.24. The summed E-state index contributed by atoms with van der Waals surface area (Å²) >= 11 is 0. The molecule has 116 valence electrons. The zero-order chi connectivity index (χ0) is 15.5. The number of benzene rings is 2. The van der Waals surface area contributed by atoms with Crippen LogP contribution in [-0.4, -0.2) is 36.1 Å². The Morgan fingerprint density at radius 1 is 0.783 bits per heavy atom. The second kappa shape index (κ2) is 6.39. The van der Waals surface area contributed by atoms with Gasteiger partial charge in [-0.1, -0.05) is 42.5 Å². The molecule has 3 nitrogen and oxygen atoms in total.